The molecule has 174 valence electrons. The van der Waals surface area contributed by atoms with Crippen LogP contribution in [0.2, 0.25) is 0 Å². The second-order valence-electron chi connectivity index (χ2n) is 7.58. The van der Waals surface area contributed by atoms with E-state index in [1.807, 2.05) is 55.6 Å². The molecule has 7 heteroatoms. The molecule has 0 atom stereocenters. The number of anilines is 1. The van der Waals surface area contributed by atoms with Gasteiger partial charge in [0.15, 0.2) is 0 Å². The maximum atomic E-state index is 13.0. The number of aliphatic imine (C=N–C) groups is 1. The van der Waals surface area contributed by atoms with Gasteiger partial charge in [0, 0.05) is 29.2 Å². The van der Waals surface area contributed by atoms with Crippen molar-refractivity contribution in [1.82, 2.24) is 10.3 Å². The van der Waals surface area contributed by atoms with Gasteiger partial charge in [0.1, 0.15) is 11.5 Å². The summed E-state index contributed by atoms with van der Waals surface area (Å²) in [6.45, 7) is 2.94. The Morgan fingerprint density at radius 2 is 1.85 bits per heavy atom. The third-order valence-electron chi connectivity index (χ3n) is 5.33. The number of guanidine groups is 1. The Morgan fingerprint density at radius 3 is 2.71 bits per heavy atom. The number of carbonyl (C=O) groups is 1. The van der Waals surface area contributed by atoms with Crippen LogP contribution in [0.25, 0.3) is 10.9 Å². The second kappa shape index (κ2) is 11.0. The first-order valence-corrected chi connectivity index (χ1v) is 11.2. The highest BCUT2D eigenvalue weighted by Crippen LogP contribution is 2.24. The van der Waals surface area contributed by atoms with Crippen molar-refractivity contribution in [1.29, 1.82) is 0 Å². The fourth-order valence-corrected chi connectivity index (χ4v) is 3.66. The lowest BCUT2D eigenvalue weighted by Crippen LogP contribution is -2.36. The summed E-state index contributed by atoms with van der Waals surface area (Å²) in [5, 5.41) is 7.31. The van der Waals surface area contributed by atoms with E-state index >= 15 is 0 Å². The molecule has 1 heterocycles. The molecule has 0 saturated heterocycles. The Hall–Kier alpha value is -4.26. The van der Waals surface area contributed by atoms with Crippen molar-refractivity contribution in [2.75, 3.05) is 25.6 Å². The van der Waals surface area contributed by atoms with Crippen LogP contribution in [0.15, 0.2) is 84.0 Å². The van der Waals surface area contributed by atoms with Gasteiger partial charge in [-0.25, -0.2) is 0 Å². The first kappa shape index (κ1) is 22.9. The minimum Gasteiger partial charge on any atom is -0.497 e. The molecule has 34 heavy (non-hydrogen) atoms. The van der Waals surface area contributed by atoms with E-state index in [2.05, 4.69) is 26.7 Å². The zero-order valence-electron chi connectivity index (χ0n) is 19.3. The van der Waals surface area contributed by atoms with Crippen molar-refractivity contribution in [2.24, 2.45) is 4.99 Å². The second-order valence-corrected chi connectivity index (χ2v) is 7.58. The van der Waals surface area contributed by atoms with E-state index in [0.717, 1.165) is 17.6 Å². The number of ether oxygens (including phenoxy) is 2. The molecule has 4 rings (SSSR count). The lowest BCUT2D eigenvalue weighted by atomic mass is 10.1. The van der Waals surface area contributed by atoms with E-state index in [-0.39, 0.29) is 5.91 Å². The van der Waals surface area contributed by atoms with Crippen LogP contribution < -0.4 is 20.1 Å². The van der Waals surface area contributed by atoms with Gasteiger partial charge in [-0.3, -0.25) is 15.1 Å². The summed E-state index contributed by atoms with van der Waals surface area (Å²) < 4.78 is 11.0. The average molecular weight is 457 g/mol. The van der Waals surface area contributed by atoms with Gasteiger partial charge in [-0.15, -0.1) is 0 Å². The van der Waals surface area contributed by atoms with E-state index in [4.69, 9.17) is 9.47 Å². The largest absolute Gasteiger partial charge is 0.497 e. The monoisotopic (exact) mass is 456 g/mol. The molecular formula is C27H28N4O3. The fraction of sp³-hybridized carbons (Fsp3) is 0.185. The Kier molecular flexibility index (Phi) is 7.45. The number of methoxy groups -OCH3 is 1. The van der Waals surface area contributed by atoms with E-state index in [0.29, 0.717) is 36.2 Å². The van der Waals surface area contributed by atoms with Gasteiger partial charge in [0.05, 0.1) is 19.4 Å². The molecule has 0 aliphatic rings. The molecule has 0 saturated carbocycles. The SMILES string of the molecule is CCOc1ccccc1NC(=NCCc1c[nH]c2ccccc12)NC(=O)c1cccc(OC)c1. The van der Waals surface area contributed by atoms with Crippen LogP contribution in [0.1, 0.15) is 22.8 Å². The number of amides is 1. The first-order chi connectivity index (χ1) is 16.7. The van der Waals surface area contributed by atoms with Gasteiger partial charge in [-0.1, -0.05) is 36.4 Å². The molecule has 4 aromatic rings. The van der Waals surface area contributed by atoms with Crippen LogP contribution in [-0.4, -0.2) is 37.1 Å². The Balaban J connectivity index is 1.55. The molecule has 0 bridgehead atoms. The molecule has 0 fully saturated rings. The highest BCUT2D eigenvalue weighted by atomic mass is 16.5. The number of para-hydroxylation sites is 3. The number of hydrogen-bond donors (Lipinski definition) is 3. The number of nitrogens with zero attached hydrogens (tertiary/aromatic N) is 1. The van der Waals surface area contributed by atoms with Crippen molar-refractivity contribution < 1.29 is 14.3 Å². The number of hydrogen-bond acceptors (Lipinski definition) is 4. The lowest BCUT2D eigenvalue weighted by molar-refractivity contribution is 0.0976. The summed E-state index contributed by atoms with van der Waals surface area (Å²) in [7, 11) is 1.57. The van der Waals surface area contributed by atoms with Crippen molar-refractivity contribution in [3.05, 3.63) is 90.1 Å². The minimum atomic E-state index is -0.286. The highest BCUT2D eigenvalue weighted by Gasteiger charge is 2.12. The van der Waals surface area contributed by atoms with Crippen LogP contribution in [-0.2, 0) is 6.42 Å². The van der Waals surface area contributed by atoms with Gasteiger partial charge in [0.2, 0.25) is 5.96 Å². The minimum absolute atomic E-state index is 0.286. The van der Waals surface area contributed by atoms with Gasteiger partial charge in [-0.05, 0) is 55.3 Å². The van der Waals surface area contributed by atoms with Gasteiger partial charge in [-0.2, -0.15) is 0 Å². The summed E-state index contributed by atoms with van der Waals surface area (Å²) in [5.74, 6) is 1.36. The average Bonchev–Trinajstić information content (AvgIpc) is 3.28. The standard InChI is InChI=1S/C27H28N4O3/c1-3-34-25-14-7-6-13-24(25)30-27(31-26(32)19-9-8-10-21(17-19)33-2)28-16-15-20-18-29-23-12-5-4-11-22(20)23/h4-14,17-18,29H,3,15-16H2,1-2H3,(H2,28,30,31,32). The number of H-pyrrole nitrogens is 1. The fourth-order valence-electron chi connectivity index (χ4n) is 3.66. The molecule has 1 aromatic heterocycles. The summed E-state index contributed by atoms with van der Waals surface area (Å²) in [4.78, 5) is 20.9. The number of benzene rings is 3. The maximum absolute atomic E-state index is 13.0. The molecule has 0 aliphatic heterocycles. The van der Waals surface area contributed by atoms with Crippen molar-refractivity contribution in [2.45, 2.75) is 13.3 Å². The zero-order valence-corrected chi connectivity index (χ0v) is 19.3. The van der Waals surface area contributed by atoms with Gasteiger partial charge < -0.3 is 19.8 Å². The molecule has 0 spiro atoms. The molecule has 3 aromatic carbocycles. The van der Waals surface area contributed by atoms with Crippen LogP contribution in [0, 0.1) is 0 Å². The number of fused-ring (bicyclic) bond motifs is 1. The van der Waals surface area contributed by atoms with Crippen LogP contribution in [0.4, 0.5) is 5.69 Å². The molecule has 3 N–H and O–H groups in total. The van der Waals surface area contributed by atoms with Crippen LogP contribution in [0.5, 0.6) is 11.5 Å². The first-order valence-electron chi connectivity index (χ1n) is 11.2. The predicted octanol–water partition coefficient (Wildman–Crippen LogP) is 5.02. The third kappa shape index (κ3) is 5.56. The van der Waals surface area contributed by atoms with E-state index in [9.17, 15) is 4.79 Å². The quantitative estimate of drug-likeness (QED) is 0.257. The van der Waals surface area contributed by atoms with Crippen molar-refractivity contribution in [3.63, 3.8) is 0 Å². The number of carbonyl (C=O) groups excluding carboxylic acids is 1. The lowest BCUT2D eigenvalue weighted by Gasteiger charge is -2.15. The Labute approximate surface area is 198 Å². The summed E-state index contributed by atoms with van der Waals surface area (Å²) in [6.07, 6.45) is 2.73. The summed E-state index contributed by atoms with van der Waals surface area (Å²) in [5.41, 5.74) is 3.47. The molecular weight excluding hydrogens is 428 g/mol. The molecule has 0 radical (unpaired) electrons. The molecule has 0 unspecified atom stereocenters. The van der Waals surface area contributed by atoms with Gasteiger partial charge >= 0.3 is 0 Å². The molecule has 7 nitrogen and oxygen atoms in total. The summed E-state index contributed by atoms with van der Waals surface area (Å²) >= 11 is 0. The topological polar surface area (TPSA) is 87.7 Å². The van der Waals surface area contributed by atoms with E-state index < -0.39 is 0 Å². The maximum Gasteiger partial charge on any atom is 0.258 e. The van der Waals surface area contributed by atoms with E-state index in [1.54, 1.807) is 31.4 Å². The number of nitrogens with one attached hydrogen (secondary N) is 3. The molecule has 1 amide bonds. The normalized spacial score (nSPS) is 11.3. The summed E-state index contributed by atoms with van der Waals surface area (Å²) in [6, 6.07) is 22.7. The predicted molar refractivity (Wildman–Crippen MR) is 136 cm³/mol. The number of aromatic nitrogens is 1. The van der Waals surface area contributed by atoms with Crippen LogP contribution in [0.3, 0.4) is 0 Å². The van der Waals surface area contributed by atoms with Crippen molar-refractivity contribution in [3.8, 4) is 11.5 Å². The number of rotatable bonds is 8. The Morgan fingerprint density at radius 1 is 1.03 bits per heavy atom. The highest BCUT2D eigenvalue weighted by molar-refractivity contribution is 6.10. The van der Waals surface area contributed by atoms with Gasteiger partial charge in [0.25, 0.3) is 5.91 Å². The Bertz CT molecular complexity index is 1300. The smallest absolute Gasteiger partial charge is 0.258 e. The van der Waals surface area contributed by atoms with E-state index in [1.165, 1.54) is 10.9 Å². The van der Waals surface area contributed by atoms with Crippen LogP contribution >= 0.6 is 0 Å². The van der Waals surface area contributed by atoms with Crippen molar-refractivity contribution >= 4 is 28.5 Å². The zero-order chi connectivity index (χ0) is 23.8. The molecule has 0 aliphatic carbocycles. The number of aromatic amines is 1. The third-order valence-corrected chi connectivity index (χ3v) is 5.33.